The molecular formula is C15H19NO4S2. The number of rotatable bonds is 5. The minimum Gasteiger partial charge on any atom is -0.462 e. The molecule has 1 aromatic heterocycles. The summed E-state index contributed by atoms with van der Waals surface area (Å²) in [5, 5.41) is 0.723. The van der Waals surface area contributed by atoms with E-state index in [1.807, 2.05) is 6.92 Å². The highest BCUT2D eigenvalue weighted by Gasteiger charge is 2.34. The van der Waals surface area contributed by atoms with Crippen molar-refractivity contribution in [2.24, 2.45) is 5.92 Å². The zero-order chi connectivity index (χ0) is 16.3. The van der Waals surface area contributed by atoms with Crippen molar-refractivity contribution < 1.29 is 19.1 Å². The smallest absolute Gasteiger partial charge is 0.341 e. The fourth-order valence-corrected chi connectivity index (χ4v) is 4.10. The topological polar surface area (TPSA) is 63.7 Å². The summed E-state index contributed by atoms with van der Waals surface area (Å²) >= 11 is 2.67. The van der Waals surface area contributed by atoms with Gasteiger partial charge in [0.15, 0.2) is 5.12 Å². The molecule has 120 valence electrons. The van der Waals surface area contributed by atoms with Gasteiger partial charge in [0.2, 0.25) is 5.91 Å². The van der Waals surface area contributed by atoms with E-state index in [1.165, 1.54) is 30.0 Å². The maximum atomic E-state index is 12.3. The Morgan fingerprint density at radius 3 is 2.86 bits per heavy atom. The third kappa shape index (κ3) is 3.89. The van der Waals surface area contributed by atoms with Crippen LogP contribution < -0.4 is 4.90 Å². The molecule has 1 amide bonds. The molecule has 0 saturated carbocycles. The molecule has 0 bridgehead atoms. The molecule has 0 radical (unpaired) electrons. The summed E-state index contributed by atoms with van der Waals surface area (Å²) < 4.78 is 5.06. The van der Waals surface area contributed by atoms with Crippen LogP contribution in [0.1, 0.15) is 35.5 Å². The second-order valence-electron chi connectivity index (χ2n) is 5.17. The van der Waals surface area contributed by atoms with Crippen LogP contribution in [0.25, 0.3) is 0 Å². The monoisotopic (exact) mass is 341 g/mol. The normalized spacial score (nSPS) is 17.9. The Morgan fingerprint density at radius 2 is 2.23 bits per heavy atom. The van der Waals surface area contributed by atoms with E-state index in [0.29, 0.717) is 35.9 Å². The van der Waals surface area contributed by atoms with Crippen molar-refractivity contribution in [2.45, 2.75) is 27.2 Å². The Balaban J connectivity index is 2.16. The number of anilines is 1. The number of thioether (sulfide) groups is 1. The Bertz CT molecular complexity index is 596. The molecule has 1 aliphatic heterocycles. The molecule has 2 heterocycles. The molecule has 1 atom stereocenters. The third-order valence-electron chi connectivity index (χ3n) is 3.30. The maximum Gasteiger partial charge on any atom is 0.341 e. The molecule has 2 rings (SSSR count). The quantitative estimate of drug-likeness (QED) is 0.771. The van der Waals surface area contributed by atoms with Gasteiger partial charge in [-0.1, -0.05) is 11.8 Å². The van der Waals surface area contributed by atoms with Crippen molar-refractivity contribution in [2.75, 3.05) is 23.8 Å². The number of esters is 1. The van der Waals surface area contributed by atoms with Gasteiger partial charge in [0, 0.05) is 30.5 Å². The van der Waals surface area contributed by atoms with Crippen molar-refractivity contribution >= 4 is 45.1 Å². The van der Waals surface area contributed by atoms with Crippen molar-refractivity contribution in [3.05, 3.63) is 16.5 Å². The predicted octanol–water partition coefficient (Wildman–Crippen LogP) is 2.87. The molecule has 1 aliphatic rings. The summed E-state index contributed by atoms with van der Waals surface area (Å²) in [6.07, 6.45) is 0.416. The van der Waals surface area contributed by atoms with Crippen molar-refractivity contribution in [1.82, 2.24) is 0 Å². The molecule has 1 aromatic rings. The standard InChI is InChI=1S/C15H19NO4S2/c1-4-20-15(19)12-5-9(2)22-14(12)16-7-11(6-13(16)18)8-21-10(3)17/h5,11H,4,6-8H2,1-3H3. The predicted molar refractivity (Wildman–Crippen MR) is 88.6 cm³/mol. The summed E-state index contributed by atoms with van der Waals surface area (Å²) in [7, 11) is 0. The van der Waals surface area contributed by atoms with Gasteiger partial charge in [0.25, 0.3) is 0 Å². The third-order valence-corrected chi connectivity index (χ3v) is 5.42. The van der Waals surface area contributed by atoms with Crippen LogP contribution in [0, 0.1) is 12.8 Å². The summed E-state index contributed by atoms with van der Waals surface area (Å²) in [6, 6.07) is 1.77. The molecule has 0 aliphatic carbocycles. The molecule has 0 aromatic carbocycles. The number of amides is 1. The fourth-order valence-electron chi connectivity index (χ4n) is 2.38. The van der Waals surface area contributed by atoms with Gasteiger partial charge >= 0.3 is 5.97 Å². The number of aryl methyl sites for hydroxylation is 1. The van der Waals surface area contributed by atoms with Gasteiger partial charge in [0.05, 0.1) is 12.2 Å². The number of hydrogen-bond donors (Lipinski definition) is 0. The van der Waals surface area contributed by atoms with Gasteiger partial charge < -0.3 is 9.64 Å². The lowest BCUT2D eigenvalue weighted by molar-refractivity contribution is -0.117. The summed E-state index contributed by atoms with van der Waals surface area (Å²) in [6.45, 7) is 6.04. The van der Waals surface area contributed by atoms with Crippen LogP contribution in [-0.2, 0) is 14.3 Å². The van der Waals surface area contributed by atoms with Crippen molar-refractivity contribution in [1.29, 1.82) is 0 Å². The largest absolute Gasteiger partial charge is 0.462 e. The van der Waals surface area contributed by atoms with E-state index in [-0.39, 0.29) is 16.9 Å². The average molecular weight is 341 g/mol. The van der Waals surface area contributed by atoms with E-state index in [2.05, 4.69) is 0 Å². The first-order chi connectivity index (χ1) is 10.4. The van der Waals surface area contributed by atoms with Crippen molar-refractivity contribution in [3.8, 4) is 0 Å². The Labute approximate surface area is 138 Å². The van der Waals surface area contributed by atoms with Crippen LogP contribution in [0.3, 0.4) is 0 Å². The van der Waals surface area contributed by atoms with Gasteiger partial charge in [-0.25, -0.2) is 4.79 Å². The first-order valence-corrected chi connectivity index (χ1v) is 8.93. The highest BCUT2D eigenvalue weighted by molar-refractivity contribution is 8.13. The zero-order valence-corrected chi connectivity index (χ0v) is 14.5. The number of carbonyl (C=O) groups is 3. The van der Waals surface area contributed by atoms with Gasteiger partial charge in [-0.3, -0.25) is 9.59 Å². The molecule has 5 nitrogen and oxygen atoms in total. The van der Waals surface area contributed by atoms with E-state index < -0.39 is 5.97 Å². The number of thiophene rings is 1. The molecule has 1 fully saturated rings. The van der Waals surface area contributed by atoms with Crippen LogP contribution in [-0.4, -0.2) is 35.9 Å². The number of carbonyl (C=O) groups excluding carboxylic acids is 3. The molecule has 1 unspecified atom stereocenters. The first-order valence-electron chi connectivity index (χ1n) is 7.13. The highest BCUT2D eigenvalue weighted by atomic mass is 32.2. The second kappa shape index (κ2) is 7.28. The summed E-state index contributed by atoms with van der Waals surface area (Å²) in [5.41, 5.74) is 0.456. The van der Waals surface area contributed by atoms with E-state index in [0.717, 1.165) is 4.88 Å². The molecule has 1 saturated heterocycles. The minimum absolute atomic E-state index is 0.00144. The Kier molecular flexibility index (Phi) is 5.63. The maximum absolute atomic E-state index is 12.3. The van der Waals surface area contributed by atoms with Gasteiger partial charge in [-0.15, -0.1) is 11.3 Å². The molecule has 0 spiro atoms. The SMILES string of the molecule is CCOC(=O)c1cc(C)sc1N1CC(CSC(C)=O)CC1=O. The van der Waals surface area contributed by atoms with Crippen LogP contribution in [0.2, 0.25) is 0 Å². The van der Waals surface area contributed by atoms with Crippen LogP contribution >= 0.6 is 23.1 Å². The number of ether oxygens (including phenoxy) is 1. The molecule has 22 heavy (non-hydrogen) atoms. The molecular weight excluding hydrogens is 322 g/mol. The van der Waals surface area contributed by atoms with E-state index in [4.69, 9.17) is 4.74 Å². The fraction of sp³-hybridized carbons (Fsp3) is 0.533. The summed E-state index contributed by atoms with van der Waals surface area (Å²) in [4.78, 5) is 38.0. The van der Waals surface area contributed by atoms with Crippen molar-refractivity contribution in [3.63, 3.8) is 0 Å². The summed E-state index contributed by atoms with van der Waals surface area (Å²) in [5.74, 6) is 0.382. The molecule has 0 N–H and O–H groups in total. The zero-order valence-electron chi connectivity index (χ0n) is 12.9. The van der Waals surface area contributed by atoms with Gasteiger partial charge in [0.1, 0.15) is 5.00 Å². The minimum atomic E-state index is -0.392. The Hall–Kier alpha value is -1.34. The number of hydrogen-bond acceptors (Lipinski definition) is 6. The average Bonchev–Trinajstić information content (AvgIpc) is 2.99. The van der Waals surface area contributed by atoms with E-state index in [1.54, 1.807) is 17.9 Å². The van der Waals surface area contributed by atoms with Gasteiger partial charge in [-0.05, 0) is 25.8 Å². The first kappa shape index (κ1) is 17.0. The highest BCUT2D eigenvalue weighted by Crippen LogP contribution is 2.36. The second-order valence-corrected chi connectivity index (χ2v) is 7.61. The van der Waals surface area contributed by atoms with E-state index >= 15 is 0 Å². The molecule has 7 heteroatoms. The lowest BCUT2D eigenvalue weighted by Gasteiger charge is -2.16. The lowest BCUT2D eigenvalue weighted by Crippen LogP contribution is -2.25. The Morgan fingerprint density at radius 1 is 1.50 bits per heavy atom. The van der Waals surface area contributed by atoms with Gasteiger partial charge in [-0.2, -0.15) is 0 Å². The van der Waals surface area contributed by atoms with Crippen LogP contribution in [0.15, 0.2) is 6.07 Å². The van der Waals surface area contributed by atoms with E-state index in [9.17, 15) is 14.4 Å². The lowest BCUT2D eigenvalue weighted by atomic mass is 10.1. The number of nitrogens with zero attached hydrogens (tertiary/aromatic N) is 1. The van der Waals surface area contributed by atoms with Crippen LogP contribution in [0.5, 0.6) is 0 Å². The van der Waals surface area contributed by atoms with Crippen LogP contribution in [0.4, 0.5) is 5.00 Å².